The van der Waals surface area contributed by atoms with Gasteiger partial charge < -0.3 is 19.8 Å². The highest BCUT2D eigenvalue weighted by Gasteiger charge is 2.10. The number of nitrogen functional groups attached to an aromatic ring is 1. The van der Waals surface area contributed by atoms with E-state index in [1.54, 1.807) is 12.5 Å². The first kappa shape index (κ1) is 12.2. The molecule has 2 aromatic rings. The number of anilines is 2. The highest BCUT2D eigenvalue weighted by Crippen LogP contribution is 2.14. The van der Waals surface area contributed by atoms with E-state index in [0.717, 1.165) is 5.56 Å². The van der Waals surface area contributed by atoms with Crippen molar-refractivity contribution < 1.29 is 9.15 Å². The lowest BCUT2D eigenvalue weighted by molar-refractivity contribution is 0.312. The second-order valence-electron chi connectivity index (χ2n) is 3.70. The van der Waals surface area contributed by atoms with E-state index in [2.05, 4.69) is 15.0 Å². The smallest absolute Gasteiger partial charge is 0.323 e. The van der Waals surface area contributed by atoms with Crippen molar-refractivity contribution in [2.24, 2.45) is 0 Å². The Morgan fingerprint density at radius 1 is 1.39 bits per heavy atom. The Balaban J connectivity index is 2.16. The number of ether oxygens (including phenoxy) is 1. The van der Waals surface area contributed by atoms with Crippen LogP contribution in [-0.4, -0.2) is 28.6 Å². The monoisotopic (exact) mass is 249 g/mol. The van der Waals surface area contributed by atoms with E-state index in [1.165, 1.54) is 0 Å². The van der Waals surface area contributed by atoms with Crippen LogP contribution in [-0.2, 0) is 6.54 Å². The lowest BCUT2D eigenvalue weighted by atomic mass is 10.3. The van der Waals surface area contributed by atoms with Gasteiger partial charge in [0.15, 0.2) is 0 Å². The second kappa shape index (κ2) is 5.35. The minimum absolute atomic E-state index is 0.141. The third-order valence-electron chi connectivity index (χ3n) is 2.24. The van der Waals surface area contributed by atoms with Crippen LogP contribution in [0.25, 0.3) is 0 Å². The summed E-state index contributed by atoms with van der Waals surface area (Å²) in [5.41, 5.74) is 6.64. The molecule has 0 saturated heterocycles. The molecule has 96 valence electrons. The molecule has 0 aromatic carbocycles. The van der Waals surface area contributed by atoms with Crippen molar-refractivity contribution in [3.63, 3.8) is 0 Å². The minimum atomic E-state index is 0.141. The number of hydrogen-bond donors (Lipinski definition) is 1. The molecule has 0 amide bonds. The maximum absolute atomic E-state index is 5.61. The van der Waals surface area contributed by atoms with Crippen LogP contribution in [0.4, 0.5) is 11.9 Å². The molecule has 0 aliphatic rings. The van der Waals surface area contributed by atoms with Crippen molar-refractivity contribution in [1.29, 1.82) is 0 Å². The molecule has 0 radical (unpaired) electrons. The van der Waals surface area contributed by atoms with Gasteiger partial charge in [-0.3, -0.25) is 0 Å². The van der Waals surface area contributed by atoms with Crippen molar-refractivity contribution >= 4 is 11.9 Å². The van der Waals surface area contributed by atoms with Crippen LogP contribution in [0.2, 0.25) is 0 Å². The summed E-state index contributed by atoms with van der Waals surface area (Å²) in [4.78, 5) is 14.0. The first-order chi connectivity index (χ1) is 8.69. The summed E-state index contributed by atoms with van der Waals surface area (Å²) < 4.78 is 10.2. The average Bonchev–Trinajstić information content (AvgIpc) is 2.81. The van der Waals surface area contributed by atoms with E-state index >= 15 is 0 Å². The third-order valence-corrected chi connectivity index (χ3v) is 2.24. The molecule has 7 heteroatoms. The van der Waals surface area contributed by atoms with E-state index in [4.69, 9.17) is 14.9 Å². The molecule has 0 unspecified atom stereocenters. The van der Waals surface area contributed by atoms with Crippen molar-refractivity contribution in [2.45, 2.75) is 13.5 Å². The Morgan fingerprint density at radius 3 is 2.89 bits per heavy atom. The number of nitrogens with two attached hydrogens (primary N) is 1. The lowest BCUT2D eigenvalue weighted by Gasteiger charge is -2.16. The zero-order valence-electron chi connectivity index (χ0n) is 10.3. The van der Waals surface area contributed by atoms with Crippen molar-refractivity contribution in [1.82, 2.24) is 15.0 Å². The summed E-state index contributed by atoms with van der Waals surface area (Å²) >= 11 is 0. The predicted octanol–water partition coefficient (Wildman–Crippen LogP) is 1.08. The first-order valence-corrected chi connectivity index (χ1v) is 5.55. The van der Waals surface area contributed by atoms with Gasteiger partial charge in [0.05, 0.1) is 19.1 Å². The Labute approximate surface area is 105 Å². The van der Waals surface area contributed by atoms with Gasteiger partial charge in [-0.2, -0.15) is 15.0 Å². The molecule has 0 atom stereocenters. The molecule has 2 N–H and O–H groups in total. The molecule has 2 rings (SSSR count). The number of hydrogen-bond acceptors (Lipinski definition) is 7. The van der Waals surface area contributed by atoms with Crippen molar-refractivity contribution in [2.75, 3.05) is 24.3 Å². The summed E-state index contributed by atoms with van der Waals surface area (Å²) in [5.74, 6) is 0.606. The van der Waals surface area contributed by atoms with E-state index in [9.17, 15) is 0 Å². The molecule has 2 heterocycles. The topological polar surface area (TPSA) is 90.3 Å². The van der Waals surface area contributed by atoms with Gasteiger partial charge >= 0.3 is 6.01 Å². The molecule has 18 heavy (non-hydrogen) atoms. The van der Waals surface area contributed by atoms with Crippen LogP contribution >= 0.6 is 0 Å². The summed E-state index contributed by atoms with van der Waals surface area (Å²) in [6.07, 6.45) is 3.29. The summed E-state index contributed by atoms with van der Waals surface area (Å²) in [6.45, 7) is 2.95. The molecule has 0 spiro atoms. The maximum Gasteiger partial charge on any atom is 0.323 e. The van der Waals surface area contributed by atoms with Crippen LogP contribution in [0.1, 0.15) is 12.5 Å². The zero-order valence-corrected chi connectivity index (χ0v) is 10.3. The van der Waals surface area contributed by atoms with Crippen LogP contribution in [0.5, 0.6) is 6.01 Å². The van der Waals surface area contributed by atoms with E-state index in [1.807, 2.05) is 24.9 Å². The summed E-state index contributed by atoms with van der Waals surface area (Å²) in [6, 6.07) is 2.11. The standard InChI is InChI=1S/C11H15N5O2/c1-3-18-11-14-9(12)13-10(15-11)16(2)6-8-4-5-17-7-8/h4-5,7H,3,6H2,1-2H3,(H2,12,13,14,15). The summed E-state index contributed by atoms with van der Waals surface area (Å²) in [7, 11) is 1.86. The quantitative estimate of drug-likeness (QED) is 0.847. The normalized spacial score (nSPS) is 10.3. The van der Waals surface area contributed by atoms with Crippen LogP contribution in [0.3, 0.4) is 0 Å². The van der Waals surface area contributed by atoms with Crippen molar-refractivity contribution in [3.8, 4) is 6.01 Å². The first-order valence-electron chi connectivity index (χ1n) is 5.55. The van der Waals surface area contributed by atoms with Crippen molar-refractivity contribution in [3.05, 3.63) is 24.2 Å². The number of furan rings is 1. The van der Waals surface area contributed by atoms with E-state index in [-0.39, 0.29) is 12.0 Å². The van der Waals surface area contributed by atoms with Gasteiger partial charge in [-0.15, -0.1) is 0 Å². The summed E-state index contributed by atoms with van der Waals surface area (Å²) in [5, 5.41) is 0. The molecule has 0 aliphatic carbocycles. The van der Waals surface area contributed by atoms with Crippen LogP contribution in [0, 0.1) is 0 Å². The van der Waals surface area contributed by atoms with Gasteiger partial charge in [0.1, 0.15) is 0 Å². The van der Waals surface area contributed by atoms with Gasteiger partial charge in [-0.05, 0) is 13.0 Å². The molecule has 2 aromatic heterocycles. The Kier molecular flexibility index (Phi) is 3.61. The highest BCUT2D eigenvalue weighted by atomic mass is 16.5. The largest absolute Gasteiger partial charge is 0.472 e. The Hall–Kier alpha value is -2.31. The molecule has 0 fully saturated rings. The lowest BCUT2D eigenvalue weighted by Crippen LogP contribution is -2.20. The zero-order chi connectivity index (χ0) is 13.0. The molecule has 7 nitrogen and oxygen atoms in total. The fourth-order valence-corrected chi connectivity index (χ4v) is 1.45. The fraction of sp³-hybridized carbons (Fsp3) is 0.364. The Morgan fingerprint density at radius 2 is 2.22 bits per heavy atom. The van der Waals surface area contributed by atoms with Crippen LogP contribution in [0.15, 0.2) is 23.0 Å². The Bertz CT molecular complexity index is 500. The second-order valence-corrected chi connectivity index (χ2v) is 3.70. The predicted molar refractivity (Wildman–Crippen MR) is 66.2 cm³/mol. The van der Waals surface area contributed by atoms with Gasteiger partial charge in [0, 0.05) is 19.2 Å². The number of nitrogens with zero attached hydrogens (tertiary/aromatic N) is 4. The molecule has 0 bridgehead atoms. The number of rotatable bonds is 5. The maximum atomic E-state index is 5.61. The average molecular weight is 249 g/mol. The molecule has 0 saturated carbocycles. The number of aromatic nitrogens is 3. The SMILES string of the molecule is CCOc1nc(N)nc(N(C)Cc2ccoc2)n1. The van der Waals surface area contributed by atoms with Gasteiger partial charge in [-0.25, -0.2) is 0 Å². The minimum Gasteiger partial charge on any atom is -0.472 e. The van der Waals surface area contributed by atoms with Crippen LogP contribution < -0.4 is 15.4 Å². The van der Waals surface area contributed by atoms with E-state index < -0.39 is 0 Å². The van der Waals surface area contributed by atoms with Gasteiger partial charge in [-0.1, -0.05) is 0 Å². The van der Waals surface area contributed by atoms with Gasteiger partial charge in [0.2, 0.25) is 11.9 Å². The van der Waals surface area contributed by atoms with Gasteiger partial charge in [0.25, 0.3) is 0 Å². The van der Waals surface area contributed by atoms with E-state index in [0.29, 0.717) is 19.1 Å². The fourth-order valence-electron chi connectivity index (χ4n) is 1.45. The highest BCUT2D eigenvalue weighted by molar-refractivity contribution is 5.35. The third kappa shape index (κ3) is 2.88. The molecule has 0 aliphatic heterocycles. The molecular weight excluding hydrogens is 234 g/mol. The molecular formula is C11H15N5O2.